The first kappa shape index (κ1) is 39.5. The fourth-order valence-corrected chi connectivity index (χ4v) is 5.68. The molecule has 0 aliphatic rings. The summed E-state index contributed by atoms with van der Waals surface area (Å²) in [5.74, 6) is -1.59. The predicted molar refractivity (Wildman–Crippen MR) is 161 cm³/mol. The molecule has 0 amide bonds. The van der Waals surface area contributed by atoms with Crippen LogP contribution in [0.15, 0.2) is 0 Å². The van der Waals surface area contributed by atoms with Gasteiger partial charge in [0.15, 0.2) is 0 Å². The monoisotopic (exact) mass is 595 g/mol. The Morgan fingerprint density at radius 2 is 1.20 bits per heavy atom. The molecule has 4 unspecified atom stereocenters. The van der Waals surface area contributed by atoms with Crippen LogP contribution in [-0.4, -0.2) is 59.6 Å². The number of aliphatic carboxylic acids is 1. The Morgan fingerprint density at radius 3 is 1.60 bits per heavy atom. The minimum absolute atomic E-state index is 0.0638. The van der Waals surface area contributed by atoms with Gasteiger partial charge in [0.05, 0.1) is 31.8 Å². The summed E-state index contributed by atoms with van der Waals surface area (Å²) in [5.41, 5.74) is 5.23. The third kappa shape index (κ3) is 24.1. The lowest BCUT2D eigenvalue weighted by atomic mass is 9.94. The summed E-state index contributed by atoms with van der Waals surface area (Å²) in [7, 11) is -4.29. The zero-order valence-corrected chi connectivity index (χ0v) is 26.5. The summed E-state index contributed by atoms with van der Waals surface area (Å²) in [5, 5.41) is 19.7. The molecule has 0 aromatic heterocycles. The molecule has 0 aromatic carbocycles. The third-order valence-electron chi connectivity index (χ3n) is 7.35. The minimum atomic E-state index is -4.29. The summed E-state index contributed by atoms with van der Waals surface area (Å²) in [4.78, 5) is 21.2. The molecule has 4 atom stereocenters. The van der Waals surface area contributed by atoms with Gasteiger partial charge in [-0.1, -0.05) is 129 Å². The van der Waals surface area contributed by atoms with E-state index in [1.54, 1.807) is 6.92 Å². The molecule has 0 fully saturated rings. The first-order chi connectivity index (χ1) is 19.3. The van der Waals surface area contributed by atoms with E-state index in [2.05, 4.69) is 11.4 Å². The molecule has 0 aliphatic carbocycles. The van der Waals surface area contributed by atoms with E-state index < -0.39 is 38.5 Å². The smallest absolute Gasteiger partial charge is 0.472 e. The lowest BCUT2D eigenvalue weighted by Crippen LogP contribution is -2.33. The van der Waals surface area contributed by atoms with E-state index in [0.29, 0.717) is 12.8 Å². The van der Waals surface area contributed by atoms with Crippen LogP contribution >= 0.6 is 7.82 Å². The van der Waals surface area contributed by atoms with Crippen LogP contribution in [0, 0.1) is 5.92 Å². The number of hydrogen-bond donors (Lipinski definition) is 4. The molecule has 0 aromatic rings. The van der Waals surface area contributed by atoms with Crippen LogP contribution in [0.25, 0.3) is 0 Å². The van der Waals surface area contributed by atoms with E-state index in [0.717, 1.165) is 19.3 Å². The van der Waals surface area contributed by atoms with Gasteiger partial charge in [-0.05, 0) is 12.8 Å². The molecular formula is C30H62NO8P. The molecule has 10 heteroatoms. The molecule has 40 heavy (non-hydrogen) atoms. The van der Waals surface area contributed by atoms with Crippen molar-refractivity contribution in [1.82, 2.24) is 0 Å². The van der Waals surface area contributed by atoms with Crippen LogP contribution in [0.5, 0.6) is 0 Å². The molecule has 0 heterocycles. The Morgan fingerprint density at radius 1 is 0.750 bits per heavy atom. The number of carbonyl (C=O) groups is 1. The van der Waals surface area contributed by atoms with Crippen molar-refractivity contribution in [1.29, 1.82) is 0 Å². The largest absolute Gasteiger partial charge is 0.481 e. The van der Waals surface area contributed by atoms with Gasteiger partial charge in [-0.25, -0.2) is 4.57 Å². The molecule has 0 saturated heterocycles. The summed E-state index contributed by atoms with van der Waals surface area (Å²) >= 11 is 0. The van der Waals surface area contributed by atoms with Crippen LogP contribution in [0.4, 0.5) is 0 Å². The number of rotatable bonds is 31. The first-order valence-corrected chi connectivity index (χ1v) is 17.6. The van der Waals surface area contributed by atoms with Gasteiger partial charge in [0.1, 0.15) is 6.10 Å². The van der Waals surface area contributed by atoms with E-state index in [1.807, 2.05) is 0 Å². The average molecular weight is 596 g/mol. The van der Waals surface area contributed by atoms with Crippen molar-refractivity contribution in [3.8, 4) is 0 Å². The lowest BCUT2D eigenvalue weighted by Gasteiger charge is -2.25. The van der Waals surface area contributed by atoms with Crippen LogP contribution in [0.1, 0.15) is 142 Å². The van der Waals surface area contributed by atoms with Gasteiger partial charge in [-0.3, -0.25) is 13.8 Å². The highest BCUT2D eigenvalue weighted by Gasteiger charge is 2.28. The number of nitrogens with two attached hydrogens (primary N) is 1. The molecule has 0 saturated carbocycles. The highest BCUT2D eigenvalue weighted by Crippen LogP contribution is 2.42. The zero-order chi connectivity index (χ0) is 29.9. The first-order valence-electron chi connectivity index (χ1n) is 16.1. The van der Waals surface area contributed by atoms with Crippen LogP contribution < -0.4 is 5.73 Å². The minimum Gasteiger partial charge on any atom is -0.481 e. The average Bonchev–Trinajstić information content (AvgIpc) is 2.92. The Kier molecular flexibility index (Phi) is 26.9. The van der Waals surface area contributed by atoms with Gasteiger partial charge in [-0.15, -0.1) is 0 Å². The number of aliphatic hydroxyl groups excluding tert-OH is 1. The van der Waals surface area contributed by atoms with Crippen LogP contribution in [0.2, 0.25) is 0 Å². The molecule has 9 nitrogen and oxygen atoms in total. The van der Waals surface area contributed by atoms with Crippen molar-refractivity contribution < 1.29 is 38.3 Å². The summed E-state index contributed by atoms with van der Waals surface area (Å²) in [6, 6.07) is 0. The van der Waals surface area contributed by atoms with Crippen molar-refractivity contribution in [2.75, 3.05) is 26.4 Å². The van der Waals surface area contributed by atoms with Gasteiger partial charge in [-0.2, -0.15) is 0 Å². The molecular weight excluding hydrogens is 533 g/mol. The van der Waals surface area contributed by atoms with E-state index in [-0.39, 0.29) is 19.8 Å². The summed E-state index contributed by atoms with van der Waals surface area (Å²) in [6.07, 6.45) is 22.6. The van der Waals surface area contributed by atoms with Gasteiger partial charge in [0.25, 0.3) is 0 Å². The lowest BCUT2D eigenvalue weighted by molar-refractivity contribution is -0.149. The maximum absolute atomic E-state index is 11.7. The highest BCUT2D eigenvalue weighted by atomic mass is 31.2. The van der Waals surface area contributed by atoms with Crippen LogP contribution in [-0.2, 0) is 23.1 Å². The van der Waals surface area contributed by atoms with Crippen molar-refractivity contribution in [3.63, 3.8) is 0 Å². The van der Waals surface area contributed by atoms with Gasteiger partial charge in [0, 0.05) is 6.54 Å². The molecule has 240 valence electrons. The van der Waals surface area contributed by atoms with E-state index in [1.165, 1.54) is 96.3 Å². The topological polar surface area (TPSA) is 149 Å². The Balaban J connectivity index is 3.95. The van der Waals surface area contributed by atoms with Gasteiger partial charge >= 0.3 is 13.8 Å². The predicted octanol–water partition coefficient (Wildman–Crippen LogP) is 7.37. The van der Waals surface area contributed by atoms with Crippen molar-refractivity contribution in [3.05, 3.63) is 0 Å². The van der Waals surface area contributed by atoms with E-state index >= 15 is 0 Å². The molecule has 5 N–H and O–H groups in total. The van der Waals surface area contributed by atoms with Crippen molar-refractivity contribution in [2.24, 2.45) is 11.7 Å². The quantitative estimate of drug-likeness (QED) is 0.0476. The fraction of sp³-hybridized carbons (Fsp3) is 0.967. The van der Waals surface area contributed by atoms with Gasteiger partial charge < -0.3 is 25.6 Å². The van der Waals surface area contributed by atoms with E-state index in [9.17, 15) is 24.5 Å². The normalized spacial score (nSPS) is 15.5. The number of phosphoric ester groups is 1. The Bertz CT molecular complexity index is 625. The number of phosphoric acid groups is 1. The number of hydrogen-bond acceptors (Lipinski definition) is 7. The highest BCUT2D eigenvalue weighted by molar-refractivity contribution is 7.47. The van der Waals surface area contributed by atoms with Crippen molar-refractivity contribution in [2.45, 2.75) is 154 Å². The van der Waals surface area contributed by atoms with Crippen LogP contribution in [0.3, 0.4) is 0 Å². The SMILES string of the molecule is CCCCCCCCCCCCCCCCCCCCC(OCC(O)COP(=O)(O)OCCN)C(CC)C(=O)O. The molecule has 0 rings (SSSR count). The zero-order valence-electron chi connectivity index (χ0n) is 25.6. The molecule has 0 aliphatic heterocycles. The molecule has 0 radical (unpaired) electrons. The second-order valence-corrected chi connectivity index (χ2v) is 12.5. The summed E-state index contributed by atoms with van der Waals surface area (Å²) < 4.78 is 26.8. The maximum Gasteiger partial charge on any atom is 0.472 e. The second-order valence-electron chi connectivity index (χ2n) is 11.1. The van der Waals surface area contributed by atoms with E-state index in [4.69, 9.17) is 15.0 Å². The fourth-order valence-electron chi connectivity index (χ4n) is 4.91. The number of carboxylic acids is 1. The summed E-state index contributed by atoms with van der Waals surface area (Å²) in [6.45, 7) is 3.34. The number of carboxylic acid groups (broad SMARTS) is 1. The Hall–Kier alpha value is -0.540. The standard InChI is InChI=1S/C30H62NO8P/c1-3-5-6-7-8-9-10-11-12-13-14-15-16-17-18-19-20-21-22-29(28(4-2)30(33)34)37-25-27(32)26-39-40(35,36)38-24-23-31/h27-29,32H,3-26,31H2,1-2H3,(H,33,34)(H,35,36). The number of aliphatic hydroxyl groups is 1. The maximum atomic E-state index is 11.7. The second kappa shape index (κ2) is 27.3. The molecule has 0 bridgehead atoms. The molecule has 0 spiro atoms. The number of ether oxygens (including phenoxy) is 1. The third-order valence-corrected chi connectivity index (χ3v) is 8.34. The Labute approximate surface area is 244 Å². The number of unbranched alkanes of at least 4 members (excludes halogenated alkanes) is 17. The van der Waals surface area contributed by atoms with Gasteiger partial charge in [0.2, 0.25) is 0 Å². The van der Waals surface area contributed by atoms with Crippen molar-refractivity contribution >= 4 is 13.8 Å².